The zero-order valence-electron chi connectivity index (χ0n) is 14.5. The van der Waals surface area contributed by atoms with Gasteiger partial charge in [0.1, 0.15) is 0 Å². The van der Waals surface area contributed by atoms with Gasteiger partial charge in [-0.2, -0.15) is 0 Å². The zero-order valence-corrected chi connectivity index (χ0v) is 16.9. The first kappa shape index (κ1) is 20.2. The highest BCUT2D eigenvalue weighted by Gasteiger charge is 2.16. The number of anilines is 2. The van der Waals surface area contributed by atoms with Crippen molar-refractivity contribution >= 4 is 50.3 Å². The van der Waals surface area contributed by atoms with E-state index >= 15 is 0 Å². The van der Waals surface area contributed by atoms with Crippen LogP contribution < -0.4 is 15.4 Å². The lowest BCUT2D eigenvalue weighted by Gasteiger charge is -2.14. The Morgan fingerprint density at radius 1 is 1.19 bits per heavy atom. The largest absolute Gasteiger partial charge is 0.359 e. The molecule has 5 nitrogen and oxygen atoms in total. The molecule has 0 aliphatic heterocycles. The van der Waals surface area contributed by atoms with Gasteiger partial charge in [-0.1, -0.05) is 29.8 Å². The third-order valence-electron chi connectivity index (χ3n) is 3.41. The summed E-state index contributed by atoms with van der Waals surface area (Å²) < 4.78 is 27.8. The second-order valence-corrected chi connectivity index (χ2v) is 8.38. The van der Waals surface area contributed by atoms with Crippen molar-refractivity contribution in [3.63, 3.8) is 0 Å². The lowest BCUT2D eigenvalue weighted by atomic mass is 10.2. The van der Waals surface area contributed by atoms with E-state index in [0.717, 1.165) is 11.1 Å². The Balaban J connectivity index is 2.20. The third-order valence-corrected chi connectivity index (χ3v) is 5.29. The summed E-state index contributed by atoms with van der Waals surface area (Å²) in [5.41, 5.74) is 2.86. The van der Waals surface area contributed by atoms with Crippen molar-refractivity contribution in [1.29, 1.82) is 0 Å². The molecule has 26 heavy (non-hydrogen) atoms. The summed E-state index contributed by atoms with van der Waals surface area (Å²) >= 11 is 11.0. The van der Waals surface area contributed by atoms with Gasteiger partial charge in [0.2, 0.25) is 0 Å². The molecular formula is C18H20ClN3O2S2. The van der Waals surface area contributed by atoms with Crippen LogP contribution in [0.25, 0.3) is 0 Å². The van der Waals surface area contributed by atoms with Crippen molar-refractivity contribution in [2.75, 3.05) is 16.6 Å². The van der Waals surface area contributed by atoms with Crippen molar-refractivity contribution in [2.45, 2.75) is 18.7 Å². The maximum atomic E-state index is 12.6. The Morgan fingerprint density at radius 2 is 1.85 bits per heavy atom. The number of sulfonamides is 1. The number of thiocarbonyl (C=S) groups is 1. The quantitative estimate of drug-likeness (QED) is 0.489. The molecule has 0 heterocycles. The summed E-state index contributed by atoms with van der Waals surface area (Å²) in [6.45, 7) is 8.09. The van der Waals surface area contributed by atoms with Gasteiger partial charge >= 0.3 is 0 Å². The van der Waals surface area contributed by atoms with Crippen molar-refractivity contribution in [2.24, 2.45) is 0 Å². The van der Waals surface area contributed by atoms with Gasteiger partial charge in [0.25, 0.3) is 10.0 Å². The topological polar surface area (TPSA) is 70.2 Å². The van der Waals surface area contributed by atoms with Crippen LogP contribution in [0.3, 0.4) is 0 Å². The molecule has 0 radical (unpaired) electrons. The van der Waals surface area contributed by atoms with Gasteiger partial charge in [0, 0.05) is 22.9 Å². The van der Waals surface area contributed by atoms with Crippen molar-refractivity contribution in [3.8, 4) is 0 Å². The fraction of sp³-hybridized carbons (Fsp3) is 0.167. The van der Waals surface area contributed by atoms with Gasteiger partial charge in [-0.25, -0.2) is 8.42 Å². The van der Waals surface area contributed by atoms with E-state index in [1.165, 1.54) is 0 Å². The molecule has 3 N–H and O–H groups in total. The molecule has 2 aromatic rings. The molecule has 138 valence electrons. The van der Waals surface area contributed by atoms with E-state index in [1.807, 2.05) is 13.8 Å². The molecule has 0 aromatic heterocycles. The Kier molecular flexibility index (Phi) is 6.63. The van der Waals surface area contributed by atoms with Crippen LogP contribution in [0.5, 0.6) is 0 Å². The van der Waals surface area contributed by atoms with Crippen molar-refractivity contribution < 1.29 is 8.42 Å². The lowest BCUT2D eigenvalue weighted by molar-refractivity contribution is 0.601. The van der Waals surface area contributed by atoms with Gasteiger partial charge in [0.05, 0.1) is 4.90 Å². The summed E-state index contributed by atoms with van der Waals surface area (Å²) in [6.07, 6.45) is 0. The average molecular weight is 410 g/mol. The summed E-state index contributed by atoms with van der Waals surface area (Å²) in [5.74, 6) is 0. The van der Waals surface area contributed by atoms with Crippen LogP contribution in [0.15, 0.2) is 59.5 Å². The van der Waals surface area contributed by atoms with Crippen LogP contribution in [0.1, 0.15) is 12.5 Å². The molecule has 8 heteroatoms. The van der Waals surface area contributed by atoms with Crippen LogP contribution in [-0.4, -0.2) is 20.1 Å². The monoisotopic (exact) mass is 409 g/mol. The highest BCUT2D eigenvalue weighted by atomic mass is 35.5. The summed E-state index contributed by atoms with van der Waals surface area (Å²) in [4.78, 5) is 0.128. The van der Waals surface area contributed by atoms with Crippen LogP contribution >= 0.6 is 23.8 Å². The highest BCUT2D eigenvalue weighted by Crippen LogP contribution is 2.23. The smallest absolute Gasteiger partial charge is 0.261 e. The number of halogens is 1. The second-order valence-electron chi connectivity index (χ2n) is 5.85. The van der Waals surface area contributed by atoms with E-state index in [1.54, 1.807) is 42.5 Å². The Labute approximate surface area is 164 Å². The molecule has 0 fully saturated rings. The maximum absolute atomic E-state index is 12.6. The van der Waals surface area contributed by atoms with Gasteiger partial charge < -0.3 is 10.6 Å². The van der Waals surface area contributed by atoms with E-state index in [9.17, 15) is 8.42 Å². The van der Waals surface area contributed by atoms with Crippen molar-refractivity contribution in [3.05, 3.63) is 65.2 Å². The first-order valence-corrected chi connectivity index (χ1v) is 10.0. The predicted octanol–water partition coefficient (Wildman–Crippen LogP) is 4.31. The third kappa shape index (κ3) is 5.72. The molecule has 0 atom stereocenters. The summed E-state index contributed by atoms with van der Waals surface area (Å²) in [6, 6.07) is 11.2. The van der Waals surface area contributed by atoms with Crippen LogP contribution in [0.4, 0.5) is 11.4 Å². The molecule has 0 aliphatic rings. The van der Waals surface area contributed by atoms with E-state index in [0.29, 0.717) is 28.1 Å². The average Bonchev–Trinajstić information content (AvgIpc) is 2.57. The zero-order chi connectivity index (χ0) is 19.3. The van der Waals surface area contributed by atoms with E-state index in [-0.39, 0.29) is 4.90 Å². The second kappa shape index (κ2) is 8.53. The first-order chi connectivity index (χ1) is 12.2. The van der Waals surface area contributed by atoms with Crippen molar-refractivity contribution in [1.82, 2.24) is 5.32 Å². The minimum absolute atomic E-state index is 0.128. The molecule has 0 saturated heterocycles. The molecule has 0 saturated carbocycles. The molecule has 0 unspecified atom stereocenters. The fourth-order valence-electron chi connectivity index (χ4n) is 2.03. The molecule has 0 aliphatic carbocycles. The Morgan fingerprint density at radius 3 is 2.46 bits per heavy atom. The van der Waals surface area contributed by atoms with E-state index in [4.69, 9.17) is 23.8 Å². The van der Waals surface area contributed by atoms with E-state index < -0.39 is 10.0 Å². The fourth-order valence-corrected chi connectivity index (χ4v) is 3.43. The number of benzene rings is 2. The van der Waals surface area contributed by atoms with Crippen LogP contribution in [0.2, 0.25) is 5.02 Å². The van der Waals surface area contributed by atoms with Gasteiger partial charge in [-0.3, -0.25) is 4.72 Å². The van der Waals surface area contributed by atoms with Crippen LogP contribution in [0, 0.1) is 6.92 Å². The first-order valence-electron chi connectivity index (χ1n) is 7.75. The van der Waals surface area contributed by atoms with E-state index in [2.05, 4.69) is 21.9 Å². The maximum Gasteiger partial charge on any atom is 0.261 e. The van der Waals surface area contributed by atoms with Gasteiger partial charge in [0.15, 0.2) is 5.11 Å². The minimum Gasteiger partial charge on any atom is -0.359 e. The minimum atomic E-state index is -3.74. The SMILES string of the molecule is C=C(C)CNC(=S)Nc1cc(S(=O)(=O)Nc2ccc(Cl)cc2)ccc1C. The van der Waals surface area contributed by atoms with Gasteiger partial charge in [-0.05, 0) is 68.0 Å². The highest BCUT2D eigenvalue weighted by molar-refractivity contribution is 7.92. The number of nitrogens with one attached hydrogen (secondary N) is 3. The molecule has 2 rings (SSSR count). The Hall–Kier alpha value is -2.09. The normalized spacial score (nSPS) is 10.9. The predicted molar refractivity (Wildman–Crippen MR) is 112 cm³/mol. The number of rotatable bonds is 6. The molecule has 2 aromatic carbocycles. The van der Waals surface area contributed by atoms with Gasteiger partial charge in [-0.15, -0.1) is 0 Å². The number of hydrogen-bond donors (Lipinski definition) is 3. The molecular weight excluding hydrogens is 390 g/mol. The lowest BCUT2D eigenvalue weighted by Crippen LogP contribution is -2.30. The molecule has 0 amide bonds. The number of aryl methyl sites for hydroxylation is 1. The number of hydrogen-bond acceptors (Lipinski definition) is 3. The Bertz CT molecular complexity index is 926. The standard InChI is InChI=1S/C18H20ClN3O2S2/c1-12(2)11-20-18(25)21-17-10-16(9-4-13(17)3)26(23,24)22-15-7-5-14(19)6-8-15/h4-10,22H,1,11H2,2-3H3,(H2,20,21,25). The molecule has 0 spiro atoms. The summed E-state index contributed by atoms with van der Waals surface area (Å²) in [5, 5.41) is 6.96. The van der Waals surface area contributed by atoms with Crippen LogP contribution in [-0.2, 0) is 10.0 Å². The summed E-state index contributed by atoms with van der Waals surface area (Å²) in [7, 11) is -3.74. The molecule has 0 bridgehead atoms.